The number of carbonyl (C=O) groups is 2. The number of hydrogen-bond acceptors (Lipinski definition) is 3. The van der Waals surface area contributed by atoms with Crippen molar-refractivity contribution < 1.29 is 9.59 Å². The van der Waals surface area contributed by atoms with Crippen LogP contribution in [0.5, 0.6) is 0 Å². The van der Waals surface area contributed by atoms with Gasteiger partial charge in [0.25, 0.3) is 5.91 Å². The molecule has 0 radical (unpaired) electrons. The second-order valence-electron chi connectivity index (χ2n) is 5.11. The van der Waals surface area contributed by atoms with Gasteiger partial charge in [0, 0.05) is 29.9 Å². The third kappa shape index (κ3) is 1.95. The average molecular weight is 259 g/mol. The van der Waals surface area contributed by atoms with Crippen LogP contribution in [0.15, 0.2) is 18.2 Å². The number of anilines is 1. The van der Waals surface area contributed by atoms with Gasteiger partial charge in [-0.3, -0.25) is 9.59 Å². The van der Waals surface area contributed by atoms with Gasteiger partial charge in [-0.05, 0) is 31.4 Å². The lowest BCUT2D eigenvalue weighted by atomic mass is 10.1. The molecular weight excluding hydrogens is 242 g/mol. The standard InChI is InChI=1S/C14H17N3O2/c15-11-5-3-4-9-10(11)8-17(14(9)19)12-6-1-2-7-16-13(12)18/h3-5,12H,1-2,6-8,15H2,(H,16,18). The lowest BCUT2D eigenvalue weighted by Crippen LogP contribution is -2.45. The van der Waals surface area contributed by atoms with Gasteiger partial charge in [0.15, 0.2) is 0 Å². The number of nitrogen functional groups attached to an aromatic ring is 1. The zero-order chi connectivity index (χ0) is 13.4. The number of carbonyl (C=O) groups excluding carboxylic acids is 2. The molecular formula is C14H17N3O2. The summed E-state index contributed by atoms with van der Waals surface area (Å²) in [7, 11) is 0. The molecule has 0 spiro atoms. The molecule has 1 aromatic carbocycles. The van der Waals surface area contributed by atoms with Crippen molar-refractivity contribution in [3.05, 3.63) is 29.3 Å². The molecule has 100 valence electrons. The minimum Gasteiger partial charge on any atom is -0.398 e. The first-order valence-electron chi connectivity index (χ1n) is 6.64. The van der Waals surface area contributed by atoms with Crippen LogP contribution in [0.25, 0.3) is 0 Å². The summed E-state index contributed by atoms with van der Waals surface area (Å²) in [5.74, 6) is -0.124. The minimum absolute atomic E-state index is 0.0442. The van der Waals surface area contributed by atoms with Crippen molar-refractivity contribution in [2.45, 2.75) is 31.8 Å². The first kappa shape index (κ1) is 12.0. The predicted molar refractivity (Wildman–Crippen MR) is 71.4 cm³/mol. The van der Waals surface area contributed by atoms with Crippen LogP contribution in [0.2, 0.25) is 0 Å². The molecule has 1 unspecified atom stereocenters. The summed E-state index contributed by atoms with van der Waals surface area (Å²) in [6.07, 6.45) is 2.66. The van der Waals surface area contributed by atoms with Gasteiger partial charge in [-0.25, -0.2) is 0 Å². The quantitative estimate of drug-likeness (QED) is 0.736. The summed E-state index contributed by atoms with van der Waals surface area (Å²) < 4.78 is 0. The zero-order valence-electron chi connectivity index (χ0n) is 10.7. The maximum absolute atomic E-state index is 12.4. The molecule has 2 aliphatic rings. The van der Waals surface area contributed by atoms with E-state index in [0.717, 1.165) is 24.8 Å². The van der Waals surface area contributed by atoms with Gasteiger partial charge in [-0.15, -0.1) is 0 Å². The molecule has 2 amide bonds. The number of nitrogens with zero attached hydrogens (tertiary/aromatic N) is 1. The molecule has 19 heavy (non-hydrogen) atoms. The first-order valence-corrected chi connectivity index (χ1v) is 6.64. The van der Waals surface area contributed by atoms with E-state index in [0.29, 0.717) is 24.3 Å². The van der Waals surface area contributed by atoms with Crippen molar-refractivity contribution in [3.8, 4) is 0 Å². The number of rotatable bonds is 1. The van der Waals surface area contributed by atoms with E-state index in [1.54, 1.807) is 23.1 Å². The van der Waals surface area contributed by atoms with E-state index in [9.17, 15) is 9.59 Å². The molecule has 2 heterocycles. The van der Waals surface area contributed by atoms with E-state index in [-0.39, 0.29) is 17.9 Å². The fraction of sp³-hybridized carbons (Fsp3) is 0.429. The second kappa shape index (κ2) is 4.57. The fourth-order valence-electron chi connectivity index (χ4n) is 2.85. The molecule has 0 aromatic heterocycles. The lowest BCUT2D eigenvalue weighted by molar-refractivity contribution is -0.125. The third-order valence-corrected chi connectivity index (χ3v) is 3.91. The number of nitrogens with two attached hydrogens (primary N) is 1. The molecule has 1 saturated heterocycles. The summed E-state index contributed by atoms with van der Waals surface area (Å²) in [6.45, 7) is 1.14. The van der Waals surface area contributed by atoms with Gasteiger partial charge in [-0.1, -0.05) is 6.07 Å². The Morgan fingerprint density at radius 3 is 2.89 bits per heavy atom. The highest BCUT2D eigenvalue weighted by molar-refractivity contribution is 6.02. The van der Waals surface area contributed by atoms with Gasteiger partial charge < -0.3 is 16.0 Å². The van der Waals surface area contributed by atoms with Crippen molar-refractivity contribution >= 4 is 17.5 Å². The minimum atomic E-state index is -0.359. The van der Waals surface area contributed by atoms with Gasteiger partial charge in [0.2, 0.25) is 5.91 Å². The molecule has 0 saturated carbocycles. The molecule has 1 fully saturated rings. The number of amides is 2. The van der Waals surface area contributed by atoms with E-state index in [1.807, 2.05) is 0 Å². The van der Waals surface area contributed by atoms with Crippen LogP contribution in [0.4, 0.5) is 5.69 Å². The number of fused-ring (bicyclic) bond motifs is 1. The van der Waals surface area contributed by atoms with Crippen LogP contribution in [0.1, 0.15) is 35.2 Å². The Balaban J connectivity index is 1.90. The lowest BCUT2D eigenvalue weighted by Gasteiger charge is -2.25. The molecule has 0 aliphatic carbocycles. The van der Waals surface area contributed by atoms with E-state index in [1.165, 1.54) is 0 Å². The van der Waals surface area contributed by atoms with Crippen LogP contribution in [0, 0.1) is 0 Å². The molecule has 5 nitrogen and oxygen atoms in total. The predicted octanol–water partition coefficient (Wildman–Crippen LogP) is 0.893. The Morgan fingerprint density at radius 2 is 2.11 bits per heavy atom. The van der Waals surface area contributed by atoms with Crippen molar-refractivity contribution in [1.29, 1.82) is 0 Å². The van der Waals surface area contributed by atoms with Gasteiger partial charge >= 0.3 is 0 Å². The number of nitrogens with one attached hydrogen (secondary N) is 1. The van der Waals surface area contributed by atoms with Crippen molar-refractivity contribution in [1.82, 2.24) is 10.2 Å². The first-order chi connectivity index (χ1) is 9.18. The SMILES string of the molecule is Nc1cccc2c1CN(C1CCCCNC1=O)C2=O. The average Bonchev–Trinajstić information content (AvgIpc) is 2.59. The molecule has 5 heteroatoms. The summed E-state index contributed by atoms with van der Waals surface area (Å²) >= 11 is 0. The summed E-state index contributed by atoms with van der Waals surface area (Å²) in [6, 6.07) is 5.00. The molecule has 0 bridgehead atoms. The van der Waals surface area contributed by atoms with Gasteiger partial charge in [0.05, 0.1) is 0 Å². The molecule has 1 atom stereocenters. The van der Waals surface area contributed by atoms with Crippen molar-refractivity contribution in [2.24, 2.45) is 0 Å². The maximum atomic E-state index is 12.4. The van der Waals surface area contributed by atoms with Crippen LogP contribution in [-0.4, -0.2) is 29.3 Å². The topological polar surface area (TPSA) is 75.4 Å². The van der Waals surface area contributed by atoms with E-state index < -0.39 is 0 Å². The number of benzene rings is 1. The Bertz CT molecular complexity index is 541. The zero-order valence-corrected chi connectivity index (χ0v) is 10.7. The molecule has 3 rings (SSSR count). The highest BCUT2D eigenvalue weighted by Gasteiger charge is 2.37. The summed E-state index contributed by atoms with van der Waals surface area (Å²) in [4.78, 5) is 26.1. The Kier molecular flexibility index (Phi) is 2.89. The third-order valence-electron chi connectivity index (χ3n) is 3.91. The maximum Gasteiger partial charge on any atom is 0.255 e. The highest BCUT2D eigenvalue weighted by Crippen LogP contribution is 2.30. The van der Waals surface area contributed by atoms with Crippen molar-refractivity contribution in [2.75, 3.05) is 12.3 Å². The smallest absolute Gasteiger partial charge is 0.255 e. The van der Waals surface area contributed by atoms with Crippen molar-refractivity contribution in [3.63, 3.8) is 0 Å². The van der Waals surface area contributed by atoms with E-state index in [2.05, 4.69) is 5.32 Å². The highest BCUT2D eigenvalue weighted by atomic mass is 16.2. The van der Waals surface area contributed by atoms with Crippen LogP contribution in [0.3, 0.4) is 0 Å². The summed E-state index contributed by atoms with van der Waals surface area (Å²) in [5, 5.41) is 2.87. The monoisotopic (exact) mass is 259 g/mol. The molecule has 2 aliphatic heterocycles. The molecule has 1 aromatic rings. The molecule has 3 N–H and O–H groups in total. The van der Waals surface area contributed by atoms with E-state index in [4.69, 9.17) is 5.73 Å². The van der Waals surface area contributed by atoms with Crippen LogP contribution >= 0.6 is 0 Å². The largest absolute Gasteiger partial charge is 0.398 e. The van der Waals surface area contributed by atoms with E-state index >= 15 is 0 Å². The van der Waals surface area contributed by atoms with Gasteiger partial charge in [0.1, 0.15) is 6.04 Å². The number of hydrogen-bond donors (Lipinski definition) is 2. The fourth-order valence-corrected chi connectivity index (χ4v) is 2.85. The van der Waals surface area contributed by atoms with Crippen LogP contribution < -0.4 is 11.1 Å². The normalized spacial score (nSPS) is 22.9. The van der Waals surface area contributed by atoms with Gasteiger partial charge in [-0.2, -0.15) is 0 Å². The van der Waals surface area contributed by atoms with Crippen LogP contribution in [-0.2, 0) is 11.3 Å². The Labute approximate surface area is 111 Å². The second-order valence-corrected chi connectivity index (χ2v) is 5.11. The Hall–Kier alpha value is -2.04. The summed E-state index contributed by atoms with van der Waals surface area (Å²) in [5.41, 5.74) is 8.03. The Morgan fingerprint density at radius 1 is 1.26 bits per heavy atom.